The summed E-state index contributed by atoms with van der Waals surface area (Å²) in [6, 6.07) is 15.9. The molecule has 0 saturated heterocycles. The summed E-state index contributed by atoms with van der Waals surface area (Å²) < 4.78 is 5.00. The summed E-state index contributed by atoms with van der Waals surface area (Å²) in [4.78, 5) is 4.15. The summed E-state index contributed by atoms with van der Waals surface area (Å²) in [5, 5.41) is 11.4. The fourth-order valence-corrected chi connectivity index (χ4v) is 2.09. The van der Waals surface area contributed by atoms with E-state index in [0.717, 1.165) is 22.5 Å². The maximum atomic E-state index is 5.00. The Kier molecular flexibility index (Phi) is 4.25. The predicted octanol–water partition coefficient (Wildman–Crippen LogP) is 3.16. The van der Waals surface area contributed by atoms with Crippen LogP contribution in [0, 0.1) is 0 Å². The number of hydrogen-bond acceptors (Lipinski definition) is 5. The van der Waals surface area contributed by atoms with Crippen molar-refractivity contribution in [2.75, 3.05) is 12.4 Å². The zero-order valence-electron chi connectivity index (χ0n) is 12.2. The van der Waals surface area contributed by atoms with Gasteiger partial charge in [0.2, 0.25) is 5.88 Å². The third kappa shape index (κ3) is 3.38. The zero-order valence-corrected chi connectivity index (χ0v) is 12.2. The summed E-state index contributed by atoms with van der Waals surface area (Å²) in [7, 11) is 1.58. The van der Waals surface area contributed by atoms with E-state index >= 15 is 0 Å². The molecule has 22 heavy (non-hydrogen) atoms. The lowest BCUT2D eigenvalue weighted by atomic mass is 10.1. The van der Waals surface area contributed by atoms with Crippen LogP contribution in [0.15, 0.2) is 60.9 Å². The van der Waals surface area contributed by atoms with E-state index in [4.69, 9.17) is 4.74 Å². The third-order valence-electron chi connectivity index (χ3n) is 3.24. The molecule has 110 valence electrons. The molecule has 3 aromatic rings. The molecule has 5 heteroatoms. The van der Waals surface area contributed by atoms with Gasteiger partial charge in [-0.1, -0.05) is 18.2 Å². The molecule has 0 saturated carbocycles. The normalized spacial score (nSPS) is 10.2. The highest BCUT2D eigenvalue weighted by Crippen LogP contribution is 2.21. The second-order valence-corrected chi connectivity index (χ2v) is 4.74. The van der Waals surface area contributed by atoms with Crippen LogP contribution in [0.2, 0.25) is 0 Å². The third-order valence-corrected chi connectivity index (χ3v) is 3.24. The van der Waals surface area contributed by atoms with Crippen molar-refractivity contribution in [3.05, 3.63) is 66.6 Å². The van der Waals surface area contributed by atoms with Gasteiger partial charge in [0.25, 0.3) is 0 Å². The molecule has 2 aromatic heterocycles. The minimum absolute atomic E-state index is 0.516. The molecule has 3 rings (SSSR count). The summed E-state index contributed by atoms with van der Waals surface area (Å²) >= 11 is 0. The molecule has 0 atom stereocenters. The quantitative estimate of drug-likeness (QED) is 0.782. The lowest BCUT2D eigenvalue weighted by Gasteiger charge is -2.08. The molecule has 0 unspecified atom stereocenters. The molecular formula is C17H16N4O. The first kappa shape index (κ1) is 14.0. The molecule has 0 radical (unpaired) electrons. The van der Waals surface area contributed by atoms with Crippen molar-refractivity contribution in [3.8, 4) is 17.0 Å². The Labute approximate surface area is 129 Å². The number of ether oxygens (including phenoxy) is 1. The number of rotatable bonds is 5. The van der Waals surface area contributed by atoms with Crippen molar-refractivity contribution in [3.63, 3.8) is 0 Å². The minimum Gasteiger partial charge on any atom is -0.480 e. The SMILES string of the molecule is COc1ccc(CNc2cccc(-c3cccnc3)c2)nn1. The Morgan fingerprint density at radius 2 is 1.91 bits per heavy atom. The second-order valence-electron chi connectivity index (χ2n) is 4.74. The van der Waals surface area contributed by atoms with Crippen LogP contribution in [-0.4, -0.2) is 22.3 Å². The number of hydrogen-bond donors (Lipinski definition) is 1. The van der Waals surface area contributed by atoms with E-state index in [1.54, 1.807) is 19.4 Å². The summed E-state index contributed by atoms with van der Waals surface area (Å²) in [6.45, 7) is 0.605. The van der Waals surface area contributed by atoms with Crippen molar-refractivity contribution in [1.29, 1.82) is 0 Å². The van der Waals surface area contributed by atoms with Gasteiger partial charge in [-0.25, -0.2) is 0 Å². The summed E-state index contributed by atoms with van der Waals surface area (Å²) in [5.41, 5.74) is 4.10. The number of aromatic nitrogens is 3. The van der Waals surface area contributed by atoms with Crippen LogP contribution in [0.5, 0.6) is 5.88 Å². The first-order valence-electron chi connectivity index (χ1n) is 6.96. The Bertz CT molecular complexity index is 729. The average molecular weight is 292 g/mol. The highest BCUT2D eigenvalue weighted by molar-refractivity contribution is 5.67. The maximum absolute atomic E-state index is 5.00. The lowest BCUT2D eigenvalue weighted by Crippen LogP contribution is -2.03. The highest BCUT2D eigenvalue weighted by Gasteiger charge is 2.01. The monoisotopic (exact) mass is 292 g/mol. The first-order valence-corrected chi connectivity index (χ1v) is 6.96. The fraction of sp³-hybridized carbons (Fsp3) is 0.118. The van der Waals surface area contributed by atoms with Gasteiger partial charge in [-0.3, -0.25) is 4.98 Å². The molecule has 5 nitrogen and oxygen atoms in total. The molecule has 0 spiro atoms. The number of benzene rings is 1. The number of methoxy groups -OCH3 is 1. The van der Waals surface area contributed by atoms with Gasteiger partial charge in [0.05, 0.1) is 19.3 Å². The van der Waals surface area contributed by atoms with Gasteiger partial charge in [-0.2, -0.15) is 5.10 Å². The van der Waals surface area contributed by atoms with E-state index in [9.17, 15) is 0 Å². The number of pyridine rings is 1. The van der Waals surface area contributed by atoms with Crippen LogP contribution in [-0.2, 0) is 6.54 Å². The van der Waals surface area contributed by atoms with Crippen LogP contribution in [0.3, 0.4) is 0 Å². The molecule has 0 aliphatic heterocycles. The fourth-order valence-electron chi connectivity index (χ4n) is 2.09. The van der Waals surface area contributed by atoms with Gasteiger partial charge in [0.1, 0.15) is 0 Å². The van der Waals surface area contributed by atoms with Crippen LogP contribution in [0.4, 0.5) is 5.69 Å². The molecule has 2 heterocycles. The van der Waals surface area contributed by atoms with Crippen LogP contribution in [0.25, 0.3) is 11.1 Å². The van der Waals surface area contributed by atoms with Gasteiger partial charge in [-0.15, -0.1) is 5.10 Å². The molecule has 0 fully saturated rings. The summed E-state index contributed by atoms with van der Waals surface area (Å²) in [6.07, 6.45) is 3.63. The Morgan fingerprint density at radius 3 is 2.64 bits per heavy atom. The van der Waals surface area contributed by atoms with E-state index in [1.807, 2.05) is 36.5 Å². The molecule has 1 N–H and O–H groups in total. The van der Waals surface area contributed by atoms with E-state index in [2.05, 4.69) is 32.6 Å². The topological polar surface area (TPSA) is 59.9 Å². The van der Waals surface area contributed by atoms with E-state index < -0.39 is 0 Å². The largest absolute Gasteiger partial charge is 0.480 e. The molecule has 0 aliphatic carbocycles. The second kappa shape index (κ2) is 6.67. The molecule has 0 aliphatic rings. The van der Waals surface area contributed by atoms with Crippen molar-refractivity contribution in [1.82, 2.24) is 15.2 Å². The highest BCUT2D eigenvalue weighted by atomic mass is 16.5. The van der Waals surface area contributed by atoms with Crippen molar-refractivity contribution >= 4 is 5.69 Å². The van der Waals surface area contributed by atoms with Gasteiger partial charge in [0.15, 0.2) is 0 Å². The standard InChI is InChI=1S/C17H16N4O/c1-22-17-8-7-16(20-21-17)12-19-15-6-2-4-13(10-15)14-5-3-9-18-11-14/h2-11,19H,12H2,1H3. The smallest absolute Gasteiger partial charge is 0.233 e. The average Bonchev–Trinajstić information content (AvgIpc) is 2.61. The van der Waals surface area contributed by atoms with E-state index in [1.165, 1.54) is 0 Å². The molecule has 0 amide bonds. The number of nitrogens with one attached hydrogen (secondary N) is 1. The van der Waals surface area contributed by atoms with Crippen LogP contribution < -0.4 is 10.1 Å². The van der Waals surface area contributed by atoms with E-state index in [-0.39, 0.29) is 0 Å². The summed E-state index contributed by atoms with van der Waals surface area (Å²) in [5.74, 6) is 0.516. The Hall–Kier alpha value is -2.95. The lowest BCUT2D eigenvalue weighted by molar-refractivity contribution is 0.391. The Morgan fingerprint density at radius 1 is 1.00 bits per heavy atom. The molecule has 1 aromatic carbocycles. The van der Waals surface area contributed by atoms with Gasteiger partial charge >= 0.3 is 0 Å². The maximum Gasteiger partial charge on any atom is 0.233 e. The number of nitrogens with zero attached hydrogens (tertiary/aromatic N) is 3. The van der Waals surface area contributed by atoms with Gasteiger partial charge in [0, 0.05) is 29.7 Å². The van der Waals surface area contributed by atoms with Crippen molar-refractivity contribution < 1.29 is 4.74 Å². The van der Waals surface area contributed by atoms with Crippen molar-refractivity contribution in [2.45, 2.75) is 6.54 Å². The molecule has 0 bridgehead atoms. The first-order chi connectivity index (χ1) is 10.8. The van der Waals surface area contributed by atoms with Gasteiger partial charge in [-0.05, 0) is 29.8 Å². The van der Waals surface area contributed by atoms with Crippen LogP contribution in [0.1, 0.15) is 5.69 Å². The Balaban J connectivity index is 1.70. The predicted molar refractivity (Wildman–Crippen MR) is 85.6 cm³/mol. The zero-order chi connectivity index (χ0) is 15.2. The van der Waals surface area contributed by atoms with E-state index in [0.29, 0.717) is 12.4 Å². The molecular weight excluding hydrogens is 276 g/mol. The number of anilines is 1. The van der Waals surface area contributed by atoms with Crippen molar-refractivity contribution in [2.24, 2.45) is 0 Å². The van der Waals surface area contributed by atoms with Gasteiger partial charge < -0.3 is 10.1 Å². The minimum atomic E-state index is 0.516. The van der Waals surface area contributed by atoms with Crippen LogP contribution >= 0.6 is 0 Å².